The van der Waals surface area contributed by atoms with Crippen LogP contribution in [0.5, 0.6) is 11.5 Å². The van der Waals surface area contributed by atoms with Gasteiger partial charge in [0.2, 0.25) is 11.6 Å². The Labute approximate surface area is 307 Å². The lowest BCUT2D eigenvalue weighted by Crippen LogP contribution is -2.18. The monoisotopic (exact) mass is 702 g/mol. The van der Waals surface area contributed by atoms with Crippen LogP contribution in [-0.2, 0) is 31.2 Å². The second kappa shape index (κ2) is 13.2. The Morgan fingerprint density at radius 2 is 0.804 bits per heavy atom. The maximum atomic E-state index is 14.4. The molecule has 51 heavy (non-hydrogen) atoms. The molecule has 0 bridgehead atoms. The molecule has 2 aromatic carbocycles. The summed E-state index contributed by atoms with van der Waals surface area (Å²) in [7, 11) is 0. The molecule has 6 nitrogen and oxygen atoms in total. The lowest BCUT2D eigenvalue weighted by molar-refractivity contribution is -0.130. The van der Waals surface area contributed by atoms with Crippen molar-refractivity contribution in [1.82, 2.24) is 9.97 Å². The highest BCUT2D eigenvalue weighted by atomic mass is 32.2. The lowest BCUT2D eigenvalue weighted by atomic mass is 9.77. The molecule has 2 aromatic heterocycles. The number of carbonyl (C=O) groups excluding carboxylic acids is 2. The van der Waals surface area contributed by atoms with Crippen molar-refractivity contribution in [2.45, 2.75) is 105 Å². The molecule has 1 aliphatic rings. The summed E-state index contributed by atoms with van der Waals surface area (Å²) in [5, 5.41) is 23.1. The van der Waals surface area contributed by atoms with Gasteiger partial charge in [-0.15, -0.1) is 0 Å². The van der Waals surface area contributed by atoms with E-state index in [4.69, 9.17) is 0 Å². The van der Waals surface area contributed by atoms with E-state index in [0.29, 0.717) is 33.7 Å². The van der Waals surface area contributed by atoms with E-state index in [0.717, 1.165) is 34.0 Å². The predicted molar refractivity (Wildman–Crippen MR) is 209 cm³/mol. The predicted octanol–water partition coefficient (Wildman–Crippen LogP) is 10.2. The third kappa shape index (κ3) is 7.45. The minimum Gasteiger partial charge on any atom is -0.507 e. The number of rotatable bonds is 4. The van der Waals surface area contributed by atoms with Crippen LogP contribution in [-0.4, -0.2) is 31.7 Å². The summed E-state index contributed by atoms with van der Waals surface area (Å²) in [5.74, 6) is -0.809. The van der Waals surface area contributed by atoms with Crippen LogP contribution in [0.1, 0.15) is 128 Å². The van der Waals surface area contributed by atoms with Gasteiger partial charge in [0.15, 0.2) is 0 Å². The molecule has 5 rings (SSSR count). The van der Waals surface area contributed by atoms with Crippen molar-refractivity contribution in [3.05, 3.63) is 128 Å². The lowest BCUT2D eigenvalue weighted by Gasteiger charge is -2.29. The van der Waals surface area contributed by atoms with Gasteiger partial charge in [0, 0.05) is 45.8 Å². The smallest absolute Gasteiger partial charge is 0.241 e. The van der Waals surface area contributed by atoms with Gasteiger partial charge in [0.1, 0.15) is 11.5 Å². The van der Waals surface area contributed by atoms with Crippen molar-refractivity contribution in [3.63, 3.8) is 0 Å². The van der Waals surface area contributed by atoms with Crippen LogP contribution in [0.4, 0.5) is 0 Å². The fraction of sp³-hybridized carbons (Fsp3) is 0.364. The van der Waals surface area contributed by atoms with Crippen molar-refractivity contribution in [1.29, 1.82) is 0 Å². The zero-order valence-electron chi connectivity index (χ0n) is 31.9. The van der Waals surface area contributed by atoms with E-state index in [1.54, 1.807) is 12.4 Å². The van der Waals surface area contributed by atoms with Gasteiger partial charge in [0.25, 0.3) is 0 Å². The number of nitrogens with zero attached hydrogens (tertiary/aromatic N) is 2. The molecule has 0 saturated carbocycles. The van der Waals surface area contributed by atoms with Gasteiger partial charge in [-0.2, -0.15) is 0 Å². The third-order valence-electron chi connectivity index (χ3n) is 9.15. The number of thioether (sulfide) groups is 1. The third-order valence-corrected chi connectivity index (χ3v) is 10.3. The number of carbonyl (C=O) groups is 2. The first kappa shape index (κ1) is 37.8. The van der Waals surface area contributed by atoms with Gasteiger partial charge in [-0.05, 0) is 81.3 Å². The van der Waals surface area contributed by atoms with Gasteiger partial charge in [-0.25, -0.2) is 0 Å². The number of phenols is 2. The zero-order valence-corrected chi connectivity index (χ0v) is 32.8. The van der Waals surface area contributed by atoms with Crippen molar-refractivity contribution in [2.75, 3.05) is 0 Å². The Morgan fingerprint density at radius 1 is 0.510 bits per heavy atom. The van der Waals surface area contributed by atoms with Crippen molar-refractivity contribution in [2.24, 2.45) is 0 Å². The maximum Gasteiger partial charge on any atom is 0.241 e. The first-order chi connectivity index (χ1) is 23.5. The van der Waals surface area contributed by atoms with Gasteiger partial charge < -0.3 is 10.2 Å². The number of aromatic hydroxyl groups is 2. The van der Waals surface area contributed by atoms with E-state index >= 15 is 0 Å². The van der Waals surface area contributed by atoms with Gasteiger partial charge >= 0.3 is 0 Å². The fourth-order valence-corrected chi connectivity index (χ4v) is 7.61. The first-order valence-corrected chi connectivity index (χ1v) is 18.2. The number of hydrogen-bond donors (Lipinski definition) is 2. The molecule has 0 unspecified atom stereocenters. The Bertz CT molecular complexity index is 1860. The van der Waals surface area contributed by atoms with E-state index in [9.17, 15) is 19.8 Å². The minimum absolute atomic E-state index is 0.222. The van der Waals surface area contributed by atoms with Crippen LogP contribution in [0.2, 0.25) is 0 Å². The Balaban J connectivity index is 1.91. The minimum atomic E-state index is -0.627. The highest BCUT2D eigenvalue weighted by Gasteiger charge is 2.40. The summed E-state index contributed by atoms with van der Waals surface area (Å²) < 4.78 is 0. The van der Waals surface area contributed by atoms with E-state index in [1.165, 1.54) is 0 Å². The molecule has 0 aliphatic carbocycles. The molecule has 2 N–H and O–H groups in total. The molecule has 0 amide bonds. The number of aromatic nitrogens is 2. The fourth-order valence-electron chi connectivity index (χ4n) is 6.39. The van der Waals surface area contributed by atoms with Crippen LogP contribution in [0.15, 0.2) is 82.9 Å². The normalized spacial score (nSPS) is 16.5. The van der Waals surface area contributed by atoms with Crippen molar-refractivity contribution in [3.8, 4) is 11.5 Å². The second-order valence-electron chi connectivity index (χ2n) is 17.4. The van der Waals surface area contributed by atoms with Crippen LogP contribution < -0.4 is 0 Å². The Kier molecular flexibility index (Phi) is 9.80. The molecule has 0 spiro atoms. The van der Waals surface area contributed by atoms with Crippen molar-refractivity contribution < 1.29 is 19.8 Å². The molecular weight excluding hydrogens is 653 g/mol. The Morgan fingerprint density at radius 3 is 1.04 bits per heavy atom. The molecule has 1 aliphatic heterocycles. The summed E-state index contributed by atoms with van der Waals surface area (Å²) >= 11 is 1.14. The average Bonchev–Trinajstić information content (AvgIpc) is 3.30. The quantitative estimate of drug-likeness (QED) is 0.161. The van der Waals surface area contributed by atoms with Crippen LogP contribution >= 0.6 is 11.8 Å². The highest BCUT2D eigenvalue weighted by Crippen LogP contribution is 2.50. The summed E-state index contributed by atoms with van der Waals surface area (Å²) in [5.41, 5.74) is 4.79. The molecule has 7 heteroatoms. The second-order valence-corrected chi connectivity index (χ2v) is 18.5. The zero-order chi connectivity index (χ0) is 37.8. The van der Waals surface area contributed by atoms with E-state index in [2.05, 4.69) is 9.97 Å². The SMILES string of the molecule is CC(C)(C)c1cc(C(=C2SC(=C(c3cc(C(C)(C)C)c(O)c(C(C)(C)C)c3)c3ccccn3)C(=O)C2=O)c2ccccn2)cc(C(C)(C)C)c1O. The number of allylic oxidation sites excluding steroid dienone is 2. The van der Waals surface area contributed by atoms with Crippen LogP contribution in [0, 0.1) is 0 Å². The average molecular weight is 703 g/mol. The summed E-state index contributed by atoms with van der Waals surface area (Å²) in [6, 6.07) is 18.7. The number of Topliss-reactive ketones (excluding diaryl/α,β-unsaturated/α-hetero) is 2. The molecule has 0 atom stereocenters. The molecule has 266 valence electrons. The van der Waals surface area contributed by atoms with E-state index in [-0.39, 0.29) is 21.3 Å². The number of benzene rings is 2. The number of hydrogen-bond acceptors (Lipinski definition) is 7. The maximum absolute atomic E-state index is 14.4. The number of phenolic OH excluding ortho intramolecular Hbond substituents is 2. The summed E-state index contributed by atoms with van der Waals surface area (Å²) in [4.78, 5) is 38.7. The van der Waals surface area contributed by atoms with Gasteiger partial charge in [0.05, 0.1) is 21.2 Å². The van der Waals surface area contributed by atoms with Gasteiger partial charge in [-0.1, -0.05) is 107 Å². The van der Waals surface area contributed by atoms with Crippen LogP contribution in [0.25, 0.3) is 11.1 Å². The topological polar surface area (TPSA) is 100 Å². The molecule has 0 radical (unpaired) electrons. The molecule has 3 heterocycles. The Hall–Kier alpha value is -4.49. The molecular formula is C44H50N2O4S. The van der Waals surface area contributed by atoms with E-state index < -0.39 is 33.2 Å². The van der Waals surface area contributed by atoms with Crippen molar-refractivity contribution >= 4 is 34.5 Å². The molecule has 1 saturated heterocycles. The largest absolute Gasteiger partial charge is 0.507 e. The summed E-state index contributed by atoms with van der Waals surface area (Å²) in [6.45, 7) is 24.5. The van der Waals surface area contributed by atoms with Gasteiger partial charge in [-0.3, -0.25) is 19.6 Å². The first-order valence-electron chi connectivity index (χ1n) is 17.4. The number of ketones is 2. The molecule has 4 aromatic rings. The van der Waals surface area contributed by atoms with Crippen LogP contribution in [0.3, 0.4) is 0 Å². The highest BCUT2D eigenvalue weighted by molar-refractivity contribution is 8.10. The number of pyridine rings is 2. The summed E-state index contributed by atoms with van der Waals surface area (Å²) in [6.07, 6.45) is 3.35. The van der Waals surface area contributed by atoms with E-state index in [1.807, 2.05) is 144 Å². The molecule has 1 fully saturated rings. The standard InChI is InChI=1S/C44H50N2O4S/c1-41(2,3)27-21-25(22-28(35(27)47)42(4,5)6)33(31-17-13-15-19-45-31)39-37(49)38(50)40(51-39)34(32-18-14-16-20-46-32)26-23-29(43(7,8)9)36(48)30(24-26)44(10,11)12/h13-24,47-48H,1-12H3.